The number of halogens is 2. The van der Waals surface area contributed by atoms with Gasteiger partial charge in [-0.15, -0.1) is 0 Å². The average Bonchev–Trinajstić information content (AvgIpc) is 2.73. The second kappa shape index (κ2) is 13.0. The predicted molar refractivity (Wildman–Crippen MR) is 125 cm³/mol. The van der Waals surface area contributed by atoms with Crippen LogP contribution in [0.2, 0.25) is 5.02 Å². The lowest BCUT2D eigenvalue weighted by Crippen LogP contribution is -2.30. The molecule has 0 saturated carbocycles. The zero-order valence-electron chi connectivity index (χ0n) is 18.3. The van der Waals surface area contributed by atoms with E-state index in [1.165, 1.54) is 30.4 Å². The van der Waals surface area contributed by atoms with E-state index in [9.17, 15) is 9.18 Å². The number of nitrogens with one attached hydrogen (secondary N) is 1. The second-order valence-electron chi connectivity index (χ2n) is 7.04. The zero-order chi connectivity index (χ0) is 22.6. The molecule has 0 unspecified atom stereocenters. The van der Waals surface area contributed by atoms with Crippen molar-refractivity contribution in [1.29, 1.82) is 0 Å². The van der Waals surface area contributed by atoms with E-state index in [1.54, 1.807) is 25.3 Å². The molecular formula is C24H30ClFN2O3. The van der Waals surface area contributed by atoms with Crippen LogP contribution in [0.1, 0.15) is 32.3 Å². The van der Waals surface area contributed by atoms with E-state index in [0.717, 1.165) is 32.5 Å². The average molecular weight is 449 g/mol. The van der Waals surface area contributed by atoms with Crippen LogP contribution >= 0.6 is 11.6 Å². The first-order valence-electron chi connectivity index (χ1n) is 10.4. The van der Waals surface area contributed by atoms with E-state index in [-0.39, 0.29) is 10.9 Å². The van der Waals surface area contributed by atoms with E-state index < -0.39 is 5.82 Å². The lowest BCUT2D eigenvalue weighted by atomic mass is 10.2. The molecule has 0 aliphatic heterocycles. The molecule has 0 radical (unpaired) electrons. The van der Waals surface area contributed by atoms with Crippen molar-refractivity contribution in [2.45, 2.75) is 26.7 Å². The molecule has 0 aliphatic carbocycles. The van der Waals surface area contributed by atoms with Crippen molar-refractivity contribution in [2.24, 2.45) is 0 Å². The van der Waals surface area contributed by atoms with E-state index in [1.807, 2.05) is 0 Å². The second-order valence-corrected chi connectivity index (χ2v) is 7.45. The van der Waals surface area contributed by atoms with Gasteiger partial charge in [-0.05, 0) is 61.8 Å². The number of carbonyl (C=O) groups is 1. The number of hydrogen-bond donors (Lipinski definition) is 1. The minimum atomic E-state index is -0.426. The molecule has 0 fully saturated rings. The fourth-order valence-electron chi connectivity index (χ4n) is 3.11. The monoisotopic (exact) mass is 448 g/mol. The largest absolute Gasteiger partial charge is 0.493 e. The Morgan fingerprint density at radius 1 is 1.10 bits per heavy atom. The Hall–Kier alpha value is -2.57. The van der Waals surface area contributed by atoms with E-state index >= 15 is 0 Å². The summed E-state index contributed by atoms with van der Waals surface area (Å²) in [6.07, 6.45) is 5.08. The number of nitrogens with zero attached hydrogens (tertiary/aromatic N) is 1. The van der Waals surface area contributed by atoms with Crippen LogP contribution in [0, 0.1) is 5.82 Å². The first-order valence-corrected chi connectivity index (χ1v) is 10.8. The maximum atomic E-state index is 13.1. The summed E-state index contributed by atoms with van der Waals surface area (Å²) < 4.78 is 24.4. The van der Waals surface area contributed by atoms with Gasteiger partial charge in [-0.3, -0.25) is 9.69 Å². The lowest BCUT2D eigenvalue weighted by molar-refractivity contribution is -0.111. The van der Waals surface area contributed by atoms with Crippen LogP contribution in [0.5, 0.6) is 11.5 Å². The van der Waals surface area contributed by atoms with Crippen molar-refractivity contribution in [2.75, 3.05) is 38.7 Å². The van der Waals surface area contributed by atoms with Crippen molar-refractivity contribution in [3.63, 3.8) is 0 Å². The number of methoxy groups -OCH3 is 1. The maximum Gasteiger partial charge on any atom is 0.248 e. The summed E-state index contributed by atoms with van der Waals surface area (Å²) in [5.74, 6) is 0.404. The van der Waals surface area contributed by atoms with Gasteiger partial charge in [0, 0.05) is 24.4 Å². The van der Waals surface area contributed by atoms with Gasteiger partial charge < -0.3 is 14.8 Å². The Bertz CT molecular complexity index is 883. The van der Waals surface area contributed by atoms with Crippen LogP contribution < -0.4 is 14.8 Å². The molecule has 0 saturated heterocycles. The number of rotatable bonds is 12. The van der Waals surface area contributed by atoms with Crippen molar-refractivity contribution < 1.29 is 18.7 Å². The zero-order valence-corrected chi connectivity index (χ0v) is 19.0. The minimum Gasteiger partial charge on any atom is -0.493 e. The molecular weight excluding hydrogens is 419 g/mol. The highest BCUT2D eigenvalue weighted by molar-refractivity contribution is 6.32. The molecule has 1 N–H and O–H groups in total. The molecule has 0 aliphatic rings. The number of anilines is 1. The highest BCUT2D eigenvalue weighted by atomic mass is 35.5. The molecule has 7 heteroatoms. The van der Waals surface area contributed by atoms with Gasteiger partial charge in [0.2, 0.25) is 5.91 Å². The molecule has 0 bridgehead atoms. The Morgan fingerprint density at radius 2 is 1.84 bits per heavy atom. The van der Waals surface area contributed by atoms with Crippen LogP contribution in [-0.4, -0.2) is 44.2 Å². The smallest absolute Gasteiger partial charge is 0.248 e. The van der Waals surface area contributed by atoms with Gasteiger partial charge in [-0.25, -0.2) is 4.39 Å². The predicted octanol–water partition coefficient (Wildman–Crippen LogP) is 5.64. The first-order chi connectivity index (χ1) is 15.0. The summed E-state index contributed by atoms with van der Waals surface area (Å²) >= 11 is 5.98. The summed E-state index contributed by atoms with van der Waals surface area (Å²) in [7, 11) is 1.58. The highest BCUT2D eigenvalue weighted by Crippen LogP contribution is 2.30. The van der Waals surface area contributed by atoms with Crippen molar-refractivity contribution in [3.05, 3.63) is 58.9 Å². The number of ether oxygens (including phenoxy) is 2. The molecule has 31 heavy (non-hydrogen) atoms. The summed E-state index contributed by atoms with van der Waals surface area (Å²) in [6.45, 7) is 7.75. The fraction of sp³-hybridized carbons (Fsp3) is 0.375. The molecule has 2 aromatic carbocycles. The summed E-state index contributed by atoms with van der Waals surface area (Å²) in [5, 5.41) is 3.03. The van der Waals surface area contributed by atoms with E-state index in [2.05, 4.69) is 24.1 Å². The van der Waals surface area contributed by atoms with E-state index in [4.69, 9.17) is 21.1 Å². The molecule has 168 valence electrons. The summed E-state index contributed by atoms with van der Waals surface area (Å²) in [4.78, 5) is 14.6. The Kier molecular flexibility index (Phi) is 10.3. The fourth-order valence-corrected chi connectivity index (χ4v) is 3.34. The molecule has 2 aromatic rings. The number of benzene rings is 2. The van der Waals surface area contributed by atoms with Crippen LogP contribution in [-0.2, 0) is 4.79 Å². The highest BCUT2D eigenvalue weighted by Gasteiger charge is 2.09. The van der Waals surface area contributed by atoms with Crippen molar-refractivity contribution >= 4 is 29.3 Å². The summed E-state index contributed by atoms with van der Waals surface area (Å²) in [5.41, 5.74) is 1.13. The van der Waals surface area contributed by atoms with Gasteiger partial charge >= 0.3 is 0 Å². The standard InChI is InChI=1S/C24H30ClFN2O3/c1-4-12-28(13-5-2)14-15-31-23-17-20(9-10-22(23)30-3)27-24(29)11-7-18-6-8-19(26)16-21(18)25/h6-11,16-17H,4-5,12-15H2,1-3H3,(H,27,29). The maximum absolute atomic E-state index is 13.1. The van der Waals surface area contributed by atoms with Crippen LogP contribution in [0.4, 0.5) is 10.1 Å². The third-order valence-corrected chi connectivity index (χ3v) is 4.88. The molecule has 1 amide bonds. The summed E-state index contributed by atoms with van der Waals surface area (Å²) in [6, 6.07) is 9.23. The Balaban J connectivity index is 2.00. The first kappa shape index (κ1) is 24.7. The lowest BCUT2D eigenvalue weighted by Gasteiger charge is -2.21. The third-order valence-electron chi connectivity index (χ3n) is 4.55. The number of amides is 1. The molecule has 5 nitrogen and oxygen atoms in total. The van der Waals surface area contributed by atoms with Crippen LogP contribution in [0.25, 0.3) is 6.08 Å². The third kappa shape index (κ3) is 8.23. The Morgan fingerprint density at radius 3 is 2.48 bits per heavy atom. The molecule has 0 aromatic heterocycles. The SMILES string of the molecule is CCCN(CCC)CCOc1cc(NC(=O)C=Cc2ccc(F)cc2Cl)ccc1OC. The Labute approximate surface area is 188 Å². The quantitative estimate of drug-likeness (QED) is 0.427. The normalized spacial score (nSPS) is 11.2. The number of hydrogen-bond acceptors (Lipinski definition) is 4. The van der Waals surface area contributed by atoms with E-state index in [0.29, 0.717) is 29.4 Å². The number of carbonyl (C=O) groups excluding carboxylic acids is 1. The van der Waals surface area contributed by atoms with Crippen molar-refractivity contribution in [3.8, 4) is 11.5 Å². The van der Waals surface area contributed by atoms with Crippen LogP contribution in [0.15, 0.2) is 42.5 Å². The van der Waals surface area contributed by atoms with Crippen LogP contribution in [0.3, 0.4) is 0 Å². The molecule has 0 atom stereocenters. The topological polar surface area (TPSA) is 50.8 Å². The minimum absolute atomic E-state index is 0.240. The van der Waals surface area contributed by atoms with Gasteiger partial charge in [0.05, 0.1) is 12.1 Å². The van der Waals surface area contributed by atoms with Crippen molar-refractivity contribution in [1.82, 2.24) is 4.90 Å². The molecule has 0 heterocycles. The van der Waals surface area contributed by atoms with Gasteiger partial charge in [0.1, 0.15) is 12.4 Å². The van der Waals surface area contributed by atoms with Gasteiger partial charge in [-0.1, -0.05) is 31.5 Å². The van der Waals surface area contributed by atoms with Gasteiger partial charge in [0.15, 0.2) is 11.5 Å². The van der Waals surface area contributed by atoms with Gasteiger partial charge in [0.25, 0.3) is 0 Å². The molecule has 2 rings (SSSR count). The van der Waals surface area contributed by atoms with Gasteiger partial charge in [-0.2, -0.15) is 0 Å². The molecule has 0 spiro atoms.